The van der Waals surface area contributed by atoms with Crippen molar-refractivity contribution in [1.29, 1.82) is 0 Å². The Morgan fingerprint density at radius 1 is 0.706 bits per heavy atom. The third-order valence-corrected chi connectivity index (χ3v) is 7.38. The lowest BCUT2D eigenvalue weighted by Crippen LogP contribution is -2.39. The van der Waals surface area contributed by atoms with Gasteiger partial charge in [0, 0.05) is 19.0 Å². The summed E-state index contributed by atoms with van der Waals surface area (Å²) in [6.07, 6.45) is 5.04. The number of carbonyl (C=O) groups is 1. The van der Waals surface area contributed by atoms with Crippen molar-refractivity contribution in [2.45, 2.75) is 44.2 Å². The van der Waals surface area contributed by atoms with Gasteiger partial charge in [0.2, 0.25) is 5.91 Å². The standard InChI is InChI=1S/C27H32N2O5/c30-27(18-28-10-1-4-21(28)19-6-8-24-26(16-19)34-15-14-33-24)29-11-2-5-22(29)20-7-9-23-25(17-20)32-13-3-12-31-23/h6-9,16-17,21-22H,1-5,10-15,18H2. The molecule has 34 heavy (non-hydrogen) atoms. The van der Waals surface area contributed by atoms with Crippen LogP contribution in [0.15, 0.2) is 36.4 Å². The van der Waals surface area contributed by atoms with Crippen molar-refractivity contribution in [2.24, 2.45) is 0 Å². The van der Waals surface area contributed by atoms with Gasteiger partial charge in [-0.15, -0.1) is 0 Å². The zero-order valence-corrected chi connectivity index (χ0v) is 19.5. The smallest absolute Gasteiger partial charge is 0.237 e. The second-order valence-electron chi connectivity index (χ2n) is 9.53. The number of likely N-dealkylation sites (tertiary alicyclic amines) is 2. The first-order valence-corrected chi connectivity index (χ1v) is 12.6. The summed E-state index contributed by atoms with van der Waals surface area (Å²) in [7, 11) is 0. The van der Waals surface area contributed by atoms with Crippen molar-refractivity contribution in [1.82, 2.24) is 9.80 Å². The van der Waals surface area contributed by atoms with E-state index in [9.17, 15) is 4.79 Å². The number of fused-ring (bicyclic) bond motifs is 2. The number of hydrogen-bond donors (Lipinski definition) is 0. The molecule has 1 amide bonds. The van der Waals surface area contributed by atoms with E-state index in [1.807, 2.05) is 12.1 Å². The van der Waals surface area contributed by atoms with Crippen LogP contribution < -0.4 is 18.9 Å². The van der Waals surface area contributed by atoms with Crippen LogP contribution >= 0.6 is 0 Å². The van der Waals surface area contributed by atoms with Crippen molar-refractivity contribution in [2.75, 3.05) is 46.1 Å². The topological polar surface area (TPSA) is 60.5 Å². The first-order chi connectivity index (χ1) is 16.8. The van der Waals surface area contributed by atoms with Crippen molar-refractivity contribution in [3.05, 3.63) is 47.5 Å². The summed E-state index contributed by atoms with van der Waals surface area (Å²) in [4.78, 5) is 17.9. The molecule has 7 nitrogen and oxygen atoms in total. The summed E-state index contributed by atoms with van der Waals surface area (Å²) in [5, 5.41) is 0. The van der Waals surface area contributed by atoms with Crippen LogP contribution in [0.25, 0.3) is 0 Å². The van der Waals surface area contributed by atoms with E-state index in [4.69, 9.17) is 18.9 Å². The van der Waals surface area contributed by atoms with Crippen LogP contribution in [0.3, 0.4) is 0 Å². The van der Waals surface area contributed by atoms with Crippen molar-refractivity contribution in [3.8, 4) is 23.0 Å². The van der Waals surface area contributed by atoms with Gasteiger partial charge in [0.1, 0.15) is 13.2 Å². The Bertz CT molecular complexity index is 1060. The van der Waals surface area contributed by atoms with Gasteiger partial charge in [-0.3, -0.25) is 9.69 Å². The second kappa shape index (κ2) is 9.37. The quantitative estimate of drug-likeness (QED) is 0.679. The minimum Gasteiger partial charge on any atom is -0.490 e. The fraction of sp³-hybridized carbons (Fsp3) is 0.519. The maximum atomic E-state index is 13.5. The lowest BCUT2D eigenvalue weighted by molar-refractivity contribution is -0.133. The van der Waals surface area contributed by atoms with Crippen LogP contribution in [0, 0.1) is 0 Å². The molecule has 2 atom stereocenters. The molecular formula is C27H32N2O5. The van der Waals surface area contributed by atoms with Gasteiger partial charge in [0.05, 0.1) is 25.8 Å². The first kappa shape index (κ1) is 21.6. The summed E-state index contributed by atoms with van der Waals surface area (Å²) in [5.41, 5.74) is 2.34. The van der Waals surface area contributed by atoms with Gasteiger partial charge >= 0.3 is 0 Å². The van der Waals surface area contributed by atoms with Gasteiger partial charge < -0.3 is 23.8 Å². The van der Waals surface area contributed by atoms with E-state index < -0.39 is 0 Å². The van der Waals surface area contributed by atoms with Crippen molar-refractivity contribution in [3.63, 3.8) is 0 Å². The summed E-state index contributed by atoms with van der Waals surface area (Å²) < 4.78 is 23.2. The van der Waals surface area contributed by atoms with Crippen molar-refractivity contribution < 1.29 is 23.7 Å². The normalized spacial score (nSPS) is 24.2. The monoisotopic (exact) mass is 464 g/mol. The number of rotatable bonds is 4. The maximum absolute atomic E-state index is 13.5. The molecule has 0 bridgehead atoms. The fourth-order valence-electron chi connectivity index (χ4n) is 5.72. The minimum atomic E-state index is 0.0972. The Balaban J connectivity index is 1.17. The zero-order chi connectivity index (χ0) is 22.9. The second-order valence-corrected chi connectivity index (χ2v) is 9.53. The van der Waals surface area contributed by atoms with E-state index in [0.717, 1.165) is 73.8 Å². The van der Waals surface area contributed by atoms with Gasteiger partial charge in [-0.25, -0.2) is 0 Å². The molecule has 0 saturated carbocycles. The van der Waals surface area contributed by atoms with Gasteiger partial charge in [-0.2, -0.15) is 0 Å². The Morgan fingerprint density at radius 3 is 2.06 bits per heavy atom. The number of nitrogens with zero attached hydrogens (tertiary/aromatic N) is 2. The molecule has 7 heteroatoms. The molecular weight excluding hydrogens is 432 g/mol. The molecule has 4 aliphatic heterocycles. The summed E-state index contributed by atoms with van der Waals surface area (Å²) >= 11 is 0. The van der Waals surface area contributed by atoms with Crippen LogP contribution in [0.5, 0.6) is 23.0 Å². The number of carbonyl (C=O) groups excluding carboxylic acids is 1. The number of hydrogen-bond acceptors (Lipinski definition) is 6. The van der Waals surface area contributed by atoms with Gasteiger partial charge in [-0.05, 0) is 67.6 Å². The van der Waals surface area contributed by atoms with Crippen LogP contribution in [0.4, 0.5) is 0 Å². The molecule has 0 aliphatic carbocycles. The summed E-state index contributed by atoms with van der Waals surface area (Å²) in [6.45, 7) is 4.71. The van der Waals surface area contributed by atoms with Crippen LogP contribution in [0.1, 0.15) is 55.3 Å². The maximum Gasteiger partial charge on any atom is 0.237 e. The molecule has 2 aromatic rings. The summed E-state index contributed by atoms with van der Waals surface area (Å²) in [5.74, 6) is 3.43. The molecule has 0 aromatic heterocycles. The van der Waals surface area contributed by atoms with Gasteiger partial charge in [0.15, 0.2) is 23.0 Å². The molecule has 0 radical (unpaired) electrons. The van der Waals surface area contributed by atoms with Gasteiger partial charge in [-0.1, -0.05) is 12.1 Å². The van der Waals surface area contributed by atoms with Crippen LogP contribution in [-0.2, 0) is 4.79 Å². The highest BCUT2D eigenvalue weighted by Crippen LogP contribution is 2.40. The Kier molecular flexibility index (Phi) is 5.95. The van der Waals surface area contributed by atoms with E-state index >= 15 is 0 Å². The average Bonchev–Trinajstić information content (AvgIpc) is 3.48. The molecule has 4 aliphatic rings. The predicted molar refractivity (Wildman–Crippen MR) is 127 cm³/mol. The SMILES string of the molecule is O=C(CN1CCCC1c1ccc2c(c1)OCCO2)N1CCCC1c1ccc2c(c1)OCCCO2. The average molecular weight is 465 g/mol. The Hall–Kier alpha value is -2.93. The number of amides is 1. The van der Waals surface area contributed by atoms with Crippen LogP contribution in [0.2, 0.25) is 0 Å². The van der Waals surface area contributed by atoms with E-state index in [2.05, 4.69) is 34.1 Å². The van der Waals surface area contributed by atoms with E-state index in [1.54, 1.807) is 0 Å². The van der Waals surface area contributed by atoms with E-state index in [1.165, 1.54) is 5.56 Å². The highest BCUT2D eigenvalue weighted by molar-refractivity contribution is 5.79. The highest BCUT2D eigenvalue weighted by atomic mass is 16.6. The highest BCUT2D eigenvalue weighted by Gasteiger charge is 2.34. The Morgan fingerprint density at radius 2 is 1.29 bits per heavy atom. The molecule has 2 saturated heterocycles. The van der Waals surface area contributed by atoms with E-state index in [0.29, 0.717) is 33.0 Å². The lowest BCUT2D eigenvalue weighted by Gasteiger charge is -2.30. The zero-order valence-electron chi connectivity index (χ0n) is 19.5. The largest absolute Gasteiger partial charge is 0.490 e. The summed E-state index contributed by atoms with van der Waals surface area (Å²) in [6, 6.07) is 12.7. The third-order valence-electron chi connectivity index (χ3n) is 7.38. The molecule has 2 unspecified atom stereocenters. The lowest BCUT2D eigenvalue weighted by atomic mass is 10.0. The van der Waals surface area contributed by atoms with E-state index in [-0.39, 0.29) is 18.0 Å². The third kappa shape index (κ3) is 4.17. The molecule has 0 spiro atoms. The minimum absolute atomic E-state index is 0.0972. The van der Waals surface area contributed by atoms with Gasteiger partial charge in [0.25, 0.3) is 0 Å². The molecule has 6 rings (SSSR count). The molecule has 2 fully saturated rings. The predicted octanol–water partition coefficient (Wildman–Crippen LogP) is 4.12. The first-order valence-electron chi connectivity index (χ1n) is 12.6. The Labute approximate surface area is 200 Å². The molecule has 0 N–H and O–H groups in total. The molecule has 2 aromatic carbocycles. The number of ether oxygens (including phenoxy) is 4. The molecule has 4 heterocycles. The van der Waals surface area contributed by atoms with Crippen molar-refractivity contribution >= 4 is 5.91 Å². The molecule has 180 valence electrons. The van der Waals surface area contributed by atoms with Crippen LogP contribution in [-0.4, -0.2) is 61.8 Å². The number of benzene rings is 2. The fourth-order valence-corrected chi connectivity index (χ4v) is 5.72.